The summed E-state index contributed by atoms with van der Waals surface area (Å²) in [5, 5.41) is 10.6. The molecule has 0 aromatic rings. The quantitative estimate of drug-likeness (QED) is 0.0222. The van der Waals surface area contributed by atoms with Crippen LogP contribution in [0.4, 0.5) is 0 Å². The van der Waals surface area contributed by atoms with Crippen molar-refractivity contribution in [3.05, 3.63) is 0 Å². The molecule has 0 radical (unpaired) electrons. The molecule has 0 aromatic carbocycles. The summed E-state index contributed by atoms with van der Waals surface area (Å²) in [6, 6.07) is 0. The zero-order valence-corrected chi connectivity index (χ0v) is 62.7. The second kappa shape index (κ2) is 63.5. The number of esters is 4. The molecular weight excluding hydrogens is 1220 g/mol. The van der Waals surface area contributed by atoms with Gasteiger partial charge in [0.2, 0.25) is 0 Å². The van der Waals surface area contributed by atoms with Crippen LogP contribution in [-0.4, -0.2) is 96.7 Å². The van der Waals surface area contributed by atoms with Crippen LogP contribution in [0, 0.1) is 23.7 Å². The number of carbonyl (C=O) groups is 4. The smallest absolute Gasteiger partial charge is 0.462 e. The molecule has 0 aliphatic heterocycles. The molecule has 0 fully saturated rings. The molecular formula is C74H144O17P2. The summed E-state index contributed by atoms with van der Waals surface area (Å²) in [6.07, 6.45) is 47.3. The Hall–Kier alpha value is -1.94. The first-order valence-electron chi connectivity index (χ1n) is 38.2. The van der Waals surface area contributed by atoms with Crippen LogP contribution in [0.5, 0.6) is 0 Å². The van der Waals surface area contributed by atoms with Crippen molar-refractivity contribution in [2.75, 3.05) is 39.6 Å². The highest BCUT2D eigenvalue weighted by molar-refractivity contribution is 7.47. The van der Waals surface area contributed by atoms with Gasteiger partial charge in [0, 0.05) is 25.7 Å². The number of phosphoric acid groups is 2. The monoisotopic (exact) mass is 1370 g/mol. The number of ether oxygens (including phenoxy) is 4. The van der Waals surface area contributed by atoms with Gasteiger partial charge in [0.05, 0.1) is 26.4 Å². The van der Waals surface area contributed by atoms with Crippen LogP contribution in [0.15, 0.2) is 0 Å². The first-order chi connectivity index (χ1) is 44.6. The lowest BCUT2D eigenvalue weighted by Gasteiger charge is -2.21. The lowest BCUT2D eigenvalue weighted by Crippen LogP contribution is -2.30. The summed E-state index contributed by atoms with van der Waals surface area (Å²) in [6.45, 7) is 14.1. The molecule has 93 heavy (non-hydrogen) atoms. The Balaban J connectivity index is 5.24. The Morgan fingerprint density at radius 2 is 0.452 bits per heavy atom. The first kappa shape index (κ1) is 91.1. The van der Waals surface area contributed by atoms with Gasteiger partial charge in [-0.3, -0.25) is 37.3 Å². The van der Waals surface area contributed by atoms with Gasteiger partial charge in [-0.05, 0) is 49.4 Å². The molecule has 5 atom stereocenters. The maximum atomic E-state index is 13.1. The van der Waals surface area contributed by atoms with Gasteiger partial charge < -0.3 is 33.8 Å². The summed E-state index contributed by atoms with van der Waals surface area (Å²) in [5.74, 6) is 0.874. The molecule has 0 amide bonds. The minimum Gasteiger partial charge on any atom is -0.462 e. The highest BCUT2D eigenvalue weighted by atomic mass is 31.2. The van der Waals surface area contributed by atoms with E-state index in [0.29, 0.717) is 31.6 Å². The molecule has 0 aliphatic rings. The average Bonchev–Trinajstić information content (AvgIpc) is 1.84. The summed E-state index contributed by atoms with van der Waals surface area (Å²) in [5.41, 5.74) is 0. The van der Waals surface area contributed by atoms with Gasteiger partial charge in [0.1, 0.15) is 19.3 Å². The predicted octanol–water partition coefficient (Wildman–Crippen LogP) is 21.3. The Morgan fingerprint density at radius 1 is 0.269 bits per heavy atom. The Kier molecular flexibility index (Phi) is 62.2. The Labute approximate surface area is 568 Å². The van der Waals surface area contributed by atoms with Crippen LogP contribution in [0.2, 0.25) is 0 Å². The van der Waals surface area contributed by atoms with E-state index in [-0.39, 0.29) is 25.7 Å². The molecule has 0 aliphatic carbocycles. The van der Waals surface area contributed by atoms with E-state index in [1.165, 1.54) is 173 Å². The SMILES string of the molecule is CC(C)CCCCCCCCCCCCCCCC(=O)OC[C@H](COP(=O)(O)OCC(O)COP(=O)(O)OC[C@@H](COC(=O)CCCCCCCCCCC(C)C)OC(=O)CCCCCCCCCC(C)C)OC(=O)CCCCCCCCCCCCCCCC(C)C. The molecule has 0 rings (SSSR count). The number of unbranched alkanes of at least 4 members (excludes halogenated alkanes) is 37. The fraction of sp³-hybridized carbons (Fsp3) is 0.946. The van der Waals surface area contributed by atoms with Crippen molar-refractivity contribution in [2.24, 2.45) is 23.7 Å². The maximum Gasteiger partial charge on any atom is 0.472 e. The fourth-order valence-electron chi connectivity index (χ4n) is 11.2. The summed E-state index contributed by atoms with van der Waals surface area (Å²) >= 11 is 0. The van der Waals surface area contributed by atoms with Crippen molar-refractivity contribution in [1.82, 2.24) is 0 Å². The van der Waals surface area contributed by atoms with E-state index in [0.717, 1.165) is 108 Å². The van der Waals surface area contributed by atoms with Gasteiger partial charge in [-0.2, -0.15) is 0 Å². The summed E-state index contributed by atoms with van der Waals surface area (Å²) < 4.78 is 68.4. The van der Waals surface area contributed by atoms with E-state index < -0.39 is 97.5 Å². The highest BCUT2D eigenvalue weighted by Crippen LogP contribution is 2.45. The zero-order chi connectivity index (χ0) is 68.9. The molecule has 0 aromatic heterocycles. The van der Waals surface area contributed by atoms with E-state index in [2.05, 4.69) is 55.4 Å². The Morgan fingerprint density at radius 3 is 0.667 bits per heavy atom. The van der Waals surface area contributed by atoms with Gasteiger partial charge in [-0.1, -0.05) is 319 Å². The number of hydrogen-bond donors (Lipinski definition) is 3. The minimum absolute atomic E-state index is 0.103. The van der Waals surface area contributed by atoms with Crippen LogP contribution in [-0.2, 0) is 65.4 Å². The van der Waals surface area contributed by atoms with Crippen LogP contribution >= 0.6 is 15.6 Å². The first-order valence-corrected chi connectivity index (χ1v) is 41.2. The number of hydrogen-bond acceptors (Lipinski definition) is 15. The van der Waals surface area contributed by atoms with Gasteiger partial charge in [-0.15, -0.1) is 0 Å². The number of phosphoric ester groups is 2. The van der Waals surface area contributed by atoms with E-state index in [4.69, 9.17) is 37.0 Å². The zero-order valence-electron chi connectivity index (χ0n) is 60.9. The van der Waals surface area contributed by atoms with E-state index in [9.17, 15) is 43.2 Å². The summed E-state index contributed by atoms with van der Waals surface area (Å²) in [7, 11) is -9.91. The molecule has 3 N–H and O–H groups in total. The third-order valence-corrected chi connectivity index (χ3v) is 19.0. The van der Waals surface area contributed by atoms with Crippen molar-refractivity contribution in [2.45, 2.75) is 388 Å². The predicted molar refractivity (Wildman–Crippen MR) is 377 cm³/mol. The van der Waals surface area contributed by atoms with Crippen molar-refractivity contribution in [3.63, 3.8) is 0 Å². The number of aliphatic hydroxyl groups excluding tert-OH is 1. The number of aliphatic hydroxyl groups is 1. The van der Waals surface area contributed by atoms with Gasteiger partial charge in [0.25, 0.3) is 0 Å². The lowest BCUT2D eigenvalue weighted by molar-refractivity contribution is -0.161. The second-order valence-electron chi connectivity index (χ2n) is 28.6. The molecule has 17 nitrogen and oxygen atoms in total. The van der Waals surface area contributed by atoms with Gasteiger partial charge in [0.15, 0.2) is 12.2 Å². The third kappa shape index (κ3) is 68.4. The largest absolute Gasteiger partial charge is 0.472 e. The van der Waals surface area contributed by atoms with Gasteiger partial charge in [-0.25, -0.2) is 9.13 Å². The summed E-state index contributed by atoms with van der Waals surface area (Å²) in [4.78, 5) is 72.7. The number of carbonyl (C=O) groups excluding carboxylic acids is 4. The van der Waals surface area contributed by atoms with E-state index in [1.807, 2.05) is 0 Å². The fourth-order valence-corrected chi connectivity index (χ4v) is 12.8. The maximum absolute atomic E-state index is 13.1. The average molecular weight is 1370 g/mol. The van der Waals surface area contributed by atoms with Crippen molar-refractivity contribution < 1.29 is 80.2 Å². The Bertz CT molecular complexity index is 1830. The van der Waals surface area contributed by atoms with Crippen LogP contribution in [0.25, 0.3) is 0 Å². The topological polar surface area (TPSA) is 237 Å². The third-order valence-electron chi connectivity index (χ3n) is 17.1. The van der Waals surface area contributed by atoms with Gasteiger partial charge >= 0.3 is 39.5 Å². The normalized spacial score (nSPS) is 14.2. The number of rotatable bonds is 71. The molecule has 0 saturated carbocycles. The minimum atomic E-state index is -4.96. The highest BCUT2D eigenvalue weighted by Gasteiger charge is 2.30. The van der Waals surface area contributed by atoms with Crippen molar-refractivity contribution >= 4 is 39.5 Å². The van der Waals surface area contributed by atoms with E-state index in [1.54, 1.807) is 0 Å². The molecule has 3 unspecified atom stereocenters. The second-order valence-corrected chi connectivity index (χ2v) is 31.5. The van der Waals surface area contributed by atoms with Crippen LogP contribution in [0.1, 0.15) is 370 Å². The molecule has 0 spiro atoms. The van der Waals surface area contributed by atoms with Crippen molar-refractivity contribution in [1.29, 1.82) is 0 Å². The lowest BCUT2D eigenvalue weighted by atomic mass is 10.0. The standard InChI is InChI=1S/C74H144O17P2/c1-64(2)50-42-34-26-19-15-11-9-13-17-21-30-38-46-54-71(76)84-60-69(90-73(78)56-48-40-32-22-18-14-10-12-16-20-27-35-43-51-65(3)4)62-88-92(80,81)86-58-68(75)59-87-93(82,83)89-63-70(91-74(79)57-49-41-33-25-29-37-45-53-67(7)8)61-85-72(77)55-47-39-31-24-23-28-36-44-52-66(5)6/h64-70,75H,9-63H2,1-8H3,(H,80,81)(H,82,83)/t68?,69-,70-/m1/s1. The van der Waals surface area contributed by atoms with Crippen LogP contribution in [0.3, 0.4) is 0 Å². The van der Waals surface area contributed by atoms with E-state index >= 15 is 0 Å². The van der Waals surface area contributed by atoms with Crippen molar-refractivity contribution in [3.8, 4) is 0 Å². The molecule has 0 bridgehead atoms. The molecule has 552 valence electrons. The molecule has 0 heterocycles. The molecule has 19 heteroatoms. The molecule has 0 saturated heterocycles. The van der Waals surface area contributed by atoms with Crippen LogP contribution < -0.4 is 0 Å².